The van der Waals surface area contributed by atoms with Crippen molar-refractivity contribution in [1.82, 2.24) is 25.4 Å². The van der Waals surface area contributed by atoms with Gasteiger partial charge in [-0.05, 0) is 37.9 Å². The molecule has 9 heteroatoms. The van der Waals surface area contributed by atoms with E-state index in [1.54, 1.807) is 0 Å². The standard InChI is InChI=1S/C24H43N7O.HI/c1-5-25-24(28-19-22(16-20(2)3)30-12-14-32-15-13-30)27-18-21-6-7-23(26-17-21)31-10-8-29(4)9-11-31;/h6-7,17,20,22H,5,8-16,18-19H2,1-4H3,(H2,25,27,28);1H. The lowest BCUT2D eigenvalue weighted by Gasteiger charge is -2.35. The Kier molecular flexibility index (Phi) is 12.7. The van der Waals surface area contributed by atoms with Gasteiger partial charge in [-0.25, -0.2) is 9.98 Å². The van der Waals surface area contributed by atoms with Gasteiger partial charge in [0.1, 0.15) is 5.82 Å². The Labute approximate surface area is 217 Å². The van der Waals surface area contributed by atoms with Crippen LogP contribution < -0.4 is 15.5 Å². The summed E-state index contributed by atoms with van der Waals surface area (Å²) in [5.41, 5.74) is 1.13. The van der Waals surface area contributed by atoms with Crippen molar-refractivity contribution < 1.29 is 4.74 Å². The maximum absolute atomic E-state index is 5.55. The van der Waals surface area contributed by atoms with Gasteiger partial charge >= 0.3 is 0 Å². The number of hydrogen-bond acceptors (Lipinski definition) is 6. The number of nitrogens with zero attached hydrogens (tertiary/aromatic N) is 5. The summed E-state index contributed by atoms with van der Waals surface area (Å²) < 4.78 is 5.55. The van der Waals surface area contributed by atoms with Gasteiger partial charge in [-0.3, -0.25) is 4.90 Å². The van der Waals surface area contributed by atoms with E-state index in [0.29, 0.717) is 18.5 Å². The van der Waals surface area contributed by atoms with Gasteiger partial charge in [0.2, 0.25) is 0 Å². The van der Waals surface area contributed by atoms with Crippen molar-refractivity contribution in [3.63, 3.8) is 0 Å². The van der Waals surface area contributed by atoms with Gasteiger partial charge in [0.05, 0.1) is 19.8 Å². The SMILES string of the molecule is CCNC(=NCc1ccc(N2CCN(C)CC2)nc1)NCC(CC(C)C)N1CCOCC1.I. The smallest absolute Gasteiger partial charge is 0.191 e. The van der Waals surface area contributed by atoms with Gasteiger partial charge in [0, 0.05) is 64.6 Å². The van der Waals surface area contributed by atoms with E-state index in [1.807, 2.05) is 6.20 Å². The van der Waals surface area contributed by atoms with Gasteiger partial charge in [0.25, 0.3) is 0 Å². The molecule has 2 aliphatic rings. The Hall–Kier alpha value is -1.17. The van der Waals surface area contributed by atoms with Crippen molar-refractivity contribution >= 4 is 35.8 Å². The molecule has 188 valence electrons. The van der Waals surface area contributed by atoms with E-state index in [2.05, 4.69) is 65.3 Å². The first kappa shape index (κ1) is 28.1. The molecular formula is C24H44IN7O. The summed E-state index contributed by atoms with van der Waals surface area (Å²) in [6.07, 6.45) is 3.14. The zero-order valence-corrected chi connectivity index (χ0v) is 23.3. The molecule has 3 rings (SSSR count). The van der Waals surface area contributed by atoms with Crippen molar-refractivity contribution in [3.05, 3.63) is 23.9 Å². The molecule has 0 amide bonds. The van der Waals surface area contributed by atoms with Gasteiger partial charge < -0.3 is 25.2 Å². The molecule has 0 aromatic carbocycles. The molecule has 1 aromatic heterocycles. The van der Waals surface area contributed by atoms with Crippen LogP contribution in [0.25, 0.3) is 0 Å². The minimum Gasteiger partial charge on any atom is -0.379 e. The first-order chi connectivity index (χ1) is 15.5. The fraction of sp³-hybridized carbons (Fsp3) is 0.750. The third-order valence-corrected chi connectivity index (χ3v) is 6.21. The molecular weight excluding hydrogens is 529 g/mol. The summed E-state index contributed by atoms with van der Waals surface area (Å²) in [5, 5.41) is 6.98. The monoisotopic (exact) mass is 573 g/mol. The van der Waals surface area contributed by atoms with Crippen LogP contribution >= 0.6 is 24.0 Å². The molecule has 0 spiro atoms. The minimum absolute atomic E-state index is 0. The van der Waals surface area contributed by atoms with Crippen LogP contribution in [0.1, 0.15) is 32.8 Å². The Bertz CT molecular complexity index is 687. The highest BCUT2D eigenvalue weighted by atomic mass is 127. The Balaban J connectivity index is 0.00000385. The van der Waals surface area contributed by atoms with Crippen molar-refractivity contribution in [3.8, 4) is 0 Å². The molecule has 2 fully saturated rings. The number of anilines is 1. The average molecular weight is 574 g/mol. The second kappa shape index (κ2) is 15.0. The number of morpholine rings is 1. The highest BCUT2D eigenvalue weighted by molar-refractivity contribution is 14.0. The third kappa shape index (κ3) is 9.54. The molecule has 33 heavy (non-hydrogen) atoms. The molecule has 1 aromatic rings. The van der Waals surface area contributed by atoms with E-state index in [9.17, 15) is 0 Å². The van der Waals surface area contributed by atoms with Crippen LogP contribution in [0, 0.1) is 5.92 Å². The fourth-order valence-electron chi connectivity index (χ4n) is 4.31. The first-order valence-corrected chi connectivity index (χ1v) is 12.3. The number of halogens is 1. The number of rotatable bonds is 9. The van der Waals surface area contributed by atoms with Crippen molar-refractivity contribution in [2.45, 2.75) is 39.8 Å². The van der Waals surface area contributed by atoms with Crippen molar-refractivity contribution in [2.24, 2.45) is 10.9 Å². The summed E-state index contributed by atoms with van der Waals surface area (Å²) in [4.78, 5) is 16.8. The summed E-state index contributed by atoms with van der Waals surface area (Å²) in [5.74, 6) is 2.60. The number of ether oxygens (including phenoxy) is 1. The molecule has 3 heterocycles. The molecule has 1 unspecified atom stereocenters. The summed E-state index contributed by atoms with van der Waals surface area (Å²) in [7, 11) is 2.17. The molecule has 8 nitrogen and oxygen atoms in total. The van der Waals surface area contributed by atoms with Crippen LogP contribution in [-0.4, -0.2) is 99.4 Å². The molecule has 0 aliphatic carbocycles. The highest BCUT2D eigenvalue weighted by Gasteiger charge is 2.22. The summed E-state index contributed by atoms with van der Waals surface area (Å²) in [6, 6.07) is 4.78. The zero-order chi connectivity index (χ0) is 22.8. The van der Waals surface area contributed by atoms with Crippen molar-refractivity contribution in [1.29, 1.82) is 0 Å². The molecule has 0 bridgehead atoms. The summed E-state index contributed by atoms with van der Waals surface area (Å²) in [6.45, 7) is 17.0. The minimum atomic E-state index is 0. The fourth-order valence-corrected chi connectivity index (χ4v) is 4.31. The topological polar surface area (TPSA) is 68.3 Å². The lowest BCUT2D eigenvalue weighted by molar-refractivity contribution is 0.0132. The van der Waals surface area contributed by atoms with Gasteiger partial charge in [-0.15, -0.1) is 24.0 Å². The third-order valence-electron chi connectivity index (χ3n) is 6.21. The quantitative estimate of drug-likeness (QED) is 0.267. The number of piperazine rings is 1. The van der Waals surface area contributed by atoms with Crippen LogP contribution in [0.3, 0.4) is 0 Å². The first-order valence-electron chi connectivity index (χ1n) is 12.3. The number of aromatic nitrogens is 1. The largest absolute Gasteiger partial charge is 0.379 e. The maximum Gasteiger partial charge on any atom is 0.191 e. The van der Waals surface area contributed by atoms with Crippen LogP contribution in [0.2, 0.25) is 0 Å². The van der Waals surface area contributed by atoms with Gasteiger partial charge in [0.15, 0.2) is 5.96 Å². The van der Waals surface area contributed by atoms with Crippen LogP contribution in [-0.2, 0) is 11.3 Å². The van der Waals surface area contributed by atoms with E-state index < -0.39 is 0 Å². The average Bonchev–Trinajstić information content (AvgIpc) is 2.81. The zero-order valence-electron chi connectivity index (χ0n) is 20.9. The van der Waals surface area contributed by atoms with Crippen molar-refractivity contribution in [2.75, 3.05) is 77.5 Å². The lowest BCUT2D eigenvalue weighted by atomic mass is 10.0. The second-order valence-corrected chi connectivity index (χ2v) is 9.32. The van der Waals surface area contributed by atoms with E-state index in [0.717, 1.165) is 82.9 Å². The summed E-state index contributed by atoms with van der Waals surface area (Å²) >= 11 is 0. The van der Waals surface area contributed by atoms with Gasteiger partial charge in [-0.2, -0.15) is 0 Å². The number of nitrogens with one attached hydrogen (secondary N) is 2. The van der Waals surface area contributed by atoms with Crippen LogP contribution in [0.15, 0.2) is 23.3 Å². The maximum atomic E-state index is 5.55. The van der Waals surface area contributed by atoms with E-state index >= 15 is 0 Å². The van der Waals surface area contributed by atoms with Crippen LogP contribution in [0.5, 0.6) is 0 Å². The number of likely N-dealkylation sites (N-methyl/N-ethyl adjacent to an activating group) is 1. The molecule has 0 saturated carbocycles. The number of hydrogen-bond donors (Lipinski definition) is 2. The molecule has 2 aliphatic heterocycles. The van der Waals surface area contributed by atoms with E-state index in [4.69, 9.17) is 14.7 Å². The lowest BCUT2D eigenvalue weighted by Crippen LogP contribution is -2.51. The predicted octanol–water partition coefficient (Wildman–Crippen LogP) is 2.25. The predicted molar refractivity (Wildman–Crippen MR) is 148 cm³/mol. The Morgan fingerprint density at radius 3 is 2.42 bits per heavy atom. The highest BCUT2D eigenvalue weighted by Crippen LogP contribution is 2.15. The molecule has 0 radical (unpaired) electrons. The number of aliphatic imine (C=N–C) groups is 1. The Morgan fingerprint density at radius 2 is 1.82 bits per heavy atom. The van der Waals surface area contributed by atoms with Gasteiger partial charge in [-0.1, -0.05) is 19.9 Å². The van der Waals surface area contributed by atoms with Crippen LogP contribution in [0.4, 0.5) is 5.82 Å². The molecule has 1 atom stereocenters. The molecule has 2 saturated heterocycles. The second-order valence-electron chi connectivity index (χ2n) is 9.32. The number of pyridine rings is 1. The van der Waals surface area contributed by atoms with E-state index in [-0.39, 0.29) is 24.0 Å². The number of guanidine groups is 1. The molecule has 2 N–H and O–H groups in total. The van der Waals surface area contributed by atoms with E-state index in [1.165, 1.54) is 6.42 Å². The normalized spacial score (nSPS) is 19.3. The Morgan fingerprint density at radius 1 is 1.09 bits per heavy atom.